The molecule has 3 aliphatic rings. The van der Waals surface area contributed by atoms with Crippen molar-refractivity contribution in [2.24, 2.45) is 5.92 Å². The molecule has 4 atom stereocenters. The lowest BCUT2D eigenvalue weighted by Gasteiger charge is -2.37. The average molecular weight is 367 g/mol. The summed E-state index contributed by atoms with van der Waals surface area (Å²) in [6.45, 7) is 11.0. The van der Waals surface area contributed by atoms with Crippen LogP contribution in [0.2, 0.25) is 0 Å². The summed E-state index contributed by atoms with van der Waals surface area (Å²) < 4.78 is 11.5. The van der Waals surface area contributed by atoms with Gasteiger partial charge in [0.1, 0.15) is 5.60 Å². The number of nitrogens with one attached hydrogen (secondary N) is 1. The van der Waals surface area contributed by atoms with E-state index in [4.69, 9.17) is 9.47 Å². The van der Waals surface area contributed by atoms with Crippen LogP contribution >= 0.6 is 0 Å². The second kappa shape index (κ2) is 8.05. The number of rotatable bonds is 5. The fourth-order valence-electron chi connectivity index (χ4n) is 4.67. The van der Waals surface area contributed by atoms with Gasteiger partial charge in [-0.15, -0.1) is 0 Å². The summed E-state index contributed by atoms with van der Waals surface area (Å²) in [6.07, 6.45) is 8.62. The monoisotopic (exact) mass is 366 g/mol. The Balaban J connectivity index is 1.58. The molecule has 0 aromatic rings. The summed E-state index contributed by atoms with van der Waals surface area (Å²) in [6, 6.07) is 1.37. The van der Waals surface area contributed by atoms with E-state index in [1.165, 1.54) is 12.8 Å². The maximum Gasteiger partial charge on any atom is 0.410 e. The molecule has 2 heterocycles. The van der Waals surface area contributed by atoms with E-state index in [2.05, 4.69) is 19.2 Å². The Morgan fingerprint density at radius 2 is 1.85 bits per heavy atom. The average Bonchev–Trinajstić information content (AvgIpc) is 3.23. The summed E-state index contributed by atoms with van der Waals surface area (Å²) in [5.41, 5.74) is -0.424. The number of nitrogens with zero attached hydrogens (tertiary/aromatic N) is 1. The molecule has 26 heavy (non-hydrogen) atoms. The van der Waals surface area contributed by atoms with Crippen LogP contribution in [0.25, 0.3) is 0 Å². The first-order valence-corrected chi connectivity index (χ1v) is 10.6. The molecular weight excluding hydrogens is 328 g/mol. The van der Waals surface area contributed by atoms with Gasteiger partial charge in [0.15, 0.2) is 0 Å². The fourth-order valence-corrected chi connectivity index (χ4v) is 4.67. The number of carbonyl (C=O) groups excluding carboxylic acids is 1. The largest absolute Gasteiger partial charge is 0.444 e. The van der Waals surface area contributed by atoms with Crippen molar-refractivity contribution in [2.45, 2.75) is 115 Å². The molecule has 1 amide bonds. The van der Waals surface area contributed by atoms with Crippen LogP contribution in [0.1, 0.15) is 79.6 Å². The Morgan fingerprint density at radius 1 is 1.19 bits per heavy atom. The fraction of sp³-hybridized carbons (Fsp3) is 0.952. The molecule has 2 saturated heterocycles. The Kier molecular flexibility index (Phi) is 6.18. The lowest BCUT2D eigenvalue weighted by molar-refractivity contribution is -0.0443. The molecule has 1 saturated carbocycles. The van der Waals surface area contributed by atoms with Crippen LogP contribution in [0.15, 0.2) is 0 Å². The molecule has 3 rings (SSSR count). The second-order valence-corrected chi connectivity index (χ2v) is 9.74. The van der Waals surface area contributed by atoms with Crippen molar-refractivity contribution in [3.63, 3.8) is 0 Å². The van der Waals surface area contributed by atoms with Crippen molar-refractivity contribution in [3.8, 4) is 0 Å². The third-order valence-electron chi connectivity index (χ3n) is 5.87. The molecule has 3 fully saturated rings. The standard InChI is InChI=1S/C21H38N2O3/c1-14-11-17(12-15(2)25-14)22-19(16-8-9-16)13-18-7-6-10-23(18)20(24)26-21(3,4)5/h14-19,22H,6-13H2,1-5H3/t14-,15-,18+,19-/m1/s1. The molecular formula is C21H38N2O3. The molecule has 0 unspecified atom stereocenters. The zero-order valence-corrected chi connectivity index (χ0v) is 17.3. The highest BCUT2D eigenvalue weighted by atomic mass is 16.6. The van der Waals surface area contributed by atoms with Gasteiger partial charge in [-0.25, -0.2) is 4.79 Å². The molecule has 0 aromatic heterocycles. The molecule has 0 bridgehead atoms. The van der Waals surface area contributed by atoms with Gasteiger partial charge in [0.25, 0.3) is 0 Å². The van der Waals surface area contributed by atoms with E-state index in [-0.39, 0.29) is 6.09 Å². The van der Waals surface area contributed by atoms with Gasteiger partial charge in [-0.2, -0.15) is 0 Å². The Bertz CT molecular complexity index is 476. The lowest BCUT2D eigenvalue weighted by atomic mass is 9.95. The van der Waals surface area contributed by atoms with Crippen LogP contribution in [-0.4, -0.2) is 53.5 Å². The molecule has 1 N–H and O–H groups in total. The summed E-state index contributed by atoms with van der Waals surface area (Å²) >= 11 is 0. The van der Waals surface area contributed by atoms with Crippen molar-refractivity contribution in [2.75, 3.05) is 6.54 Å². The van der Waals surface area contributed by atoms with Gasteiger partial charge in [-0.3, -0.25) is 0 Å². The van der Waals surface area contributed by atoms with E-state index in [1.807, 2.05) is 25.7 Å². The molecule has 5 nitrogen and oxygen atoms in total. The maximum absolute atomic E-state index is 12.6. The first-order valence-electron chi connectivity index (χ1n) is 10.6. The van der Waals surface area contributed by atoms with E-state index in [9.17, 15) is 4.79 Å². The van der Waals surface area contributed by atoms with Crippen molar-refractivity contribution in [3.05, 3.63) is 0 Å². The van der Waals surface area contributed by atoms with Crippen molar-refractivity contribution >= 4 is 6.09 Å². The third-order valence-corrected chi connectivity index (χ3v) is 5.87. The number of hydrogen-bond acceptors (Lipinski definition) is 4. The summed E-state index contributed by atoms with van der Waals surface area (Å²) in [5.74, 6) is 0.782. The predicted molar refractivity (Wildman–Crippen MR) is 103 cm³/mol. The minimum Gasteiger partial charge on any atom is -0.444 e. The van der Waals surface area contributed by atoms with Gasteiger partial charge in [0.2, 0.25) is 0 Å². The molecule has 2 aliphatic heterocycles. The van der Waals surface area contributed by atoms with E-state index in [1.54, 1.807) is 0 Å². The molecule has 0 aromatic carbocycles. The van der Waals surface area contributed by atoms with Gasteiger partial charge in [0.05, 0.1) is 12.2 Å². The van der Waals surface area contributed by atoms with Crippen LogP contribution in [0, 0.1) is 5.92 Å². The second-order valence-electron chi connectivity index (χ2n) is 9.74. The van der Waals surface area contributed by atoms with E-state index in [0.29, 0.717) is 30.3 Å². The normalized spacial score (nSPS) is 34.0. The van der Waals surface area contributed by atoms with Crippen LogP contribution in [-0.2, 0) is 9.47 Å². The van der Waals surface area contributed by atoms with E-state index >= 15 is 0 Å². The van der Waals surface area contributed by atoms with Gasteiger partial charge in [-0.05, 0) is 85.5 Å². The van der Waals surface area contributed by atoms with Gasteiger partial charge in [0, 0.05) is 24.7 Å². The summed E-state index contributed by atoms with van der Waals surface area (Å²) in [5, 5.41) is 3.95. The van der Waals surface area contributed by atoms with Gasteiger partial charge < -0.3 is 19.7 Å². The Hall–Kier alpha value is -0.810. The van der Waals surface area contributed by atoms with Crippen LogP contribution < -0.4 is 5.32 Å². The van der Waals surface area contributed by atoms with Crippen molar-refractivity contribution in [1.29, 1.82) is 0 Å². The Labute approximate surface area is 159 Å². The predicted octanol–water partition coefficient (Wildman–Crippen LogP) is 4.10. The topological polar surface area (TPSA) is 50.8 Å². The highest BCUT2D eigenvalue weighted by molar-refractivity contribution is 5.68. The van der Waals surface area contributed by atoms with Gasteiger partial charge >= 0.3 is 6.09 Å². The quantitative estimate of drug-likeness (QED) is 0.796. The third kappa shape index (κ3) is 5.59. The van der Waals surface area contributed by atoms with Crippen molar-refractivity contribution in [1.82, 2.24) is 10.2 Å². The van der Waals surface area contributed by atoms with Gasteiger partial charge in [-0.1, -0.05) is 0 Å². The number of likely N-dealkylation sites (tertiary alicyclic amines) is 1. The SMILES string of the molecule is C[C@@H]1CC(N[C@H](C[C@@H]2CCCN2C(=O)OC(C)(C)C)C2CC2)C[C@@H](C)O1. The van der Waals surface area contributed by atoms with Crippen molar-refractivity contribution < 1.29 is 14.3 Å². The molecule has 0 spiro atoms. The first kappa shape index (κ1) is 19.9. The maximum atomic E-state index is 12.6. The van der Waals surface area contributed by atoms with Crippen LogP contribution in [0.5, 0.6) is 0 Å². The Morgan fingerprint density at radius 3 is 2.42 bits per heavy atom. The number of ether oxygens (including phenoxy) is 2. The molecule has 5 heteroatoms. The summed E-state index contributed by atoms with van der Waals surface area (Å²) in [4.78, 5) is 14.6. The molecule has 0 radical (unpaired) electrons. The minimum atomic E-state index is -0.424. The number of carbonyl (C=O) groups is 1. The first-order chi connectivity index (χ1) is 12.2. The zero-order valence-electron chi connectivity index (χ0n) is 17.3. The number of amides is 1. The highest BCUT2D eigenvalue weighted by Gasteiger charge is 2.39. The van der Waals surface area contributed by atoms with E-state index in [0.717, 1.165) is 44.6 Å². The molecule has 150 valence electrons. The number of hydrogen-bond donors (Lipinski definition) is 1. The van der Waals surface area contributed by atoms with Crippen LogP contribution in [0.4, 0.5) is 4.79 Å². The highest BCUT2D eigenvalue weighted by Crippen LogP contribution is 2.37. The zero-order chi connectivity index (χ0) is 18.9. The van der Waals surface area contributed by atoms with Crippen LogP contribution in [0.3, 0.4) is 0 Å². The van der Waals surface area contributed by atoms with E-state index < -0.39 is 5.60 Å². The smallest absolute Gasteiger partial charge is 0.410 e. The minimum absolute atomic E-state index is 0.136. The molecule has 1 aliphatic carbocycles. The summed E-state index contributed by atoms with van der Waals surface area (Å²) in [7, 11) is 0. The lowest BCUT2D eigenvalue weighted by Crippen LogP contribution is -2.49.